The predicted octanol–water partition coefficient (Wildman–Crippen LogP) is 1.94. The zero-order valence-electron chi connectivity index (χ0n) is 13.2. The van der Waals surface area contributed by atoms with E-state index in [0.29, 0.717) is 32.4 Å². The smallest absolute Gasteiger partial charge is 0.410 e. The standard InChI is InChI=1S/C14H25N5O3/c1-4-10(15)12-14(3,11(20)5-2)22-13(21)19(12)9-7-6-8-17-18-16/h4,10-12,20H,1,5-9,15H2,2-3H3/t10-,11?,12-,14-/m1/s1. The van der Waals surface area contributed by atoms with Gasteiger partial charge in [0.15, 0.2) is 5.60 Å². The second kappa shape index (κ2) is 8.03. The molecule has 8 heteroatoms. The molecule has 0 saturated carbocycles. The number of aliphatic hydroxyl groups excluding tert-OH is 1. The maximum Gasteiger partial charge on any atom is 0.410 e. The van der Waals surface area contributed by atoms with E-state index in [1.165, 1.54) is 0 Å². The molecule has 22 heavy (non-hydrogen) atoms. The largest absolute Gasteiger partial charge is 0.438 e. The van der Waals surface area contributed by atoms with Crippen LogP contribution in [-0.2, 0) is 4.74 Å². The van der Waals surface area contributed by atoms with Crippen LogP contribution in [0.15, 0.2) is 17.8 Å². The average molecular weight is 311 g/mol. The van der Waals surface area contributed by atoms with Gasteiger partial charge < -0.3 is 15.6 Å². The lowest BCUT2D eigenvalue weighted by molar-refractivity contribution is -0.0631. The number of azide groups is 1. The Morgan fingerprint density at radius 1 is 1.68 bits per heavy atom. The molecule has 0 bridgehead atoms. The molecule has 3 N–H and O–H groups in total. The number of carbonyl (C=O) groups excluding carboxylic acids is 1. The van der Waals surface area contributed by atoms with Crippen molar-refractivity contribution in [1.82, 2.24) is 4.90 Å². The Morgan fingerprint density at radius 3 is 2.91 bits per heavy atom. The summed E-state index contributed by atoms with van der Waals surface area (Å²) in [5.74, 6) is 0. The molecule has 0 aromatic rings. The first kappa shape index (κ1) is 18.3. The van der Waals surface area contributed by atoms with Crippen molar-refractivity contribution in [2.45, 2.75) is 56.9 Å². The molecule has 1 heterocycles. The second-order valence-corrected chi connectivity index (χ2v) is 5.59. The number of amides is 1. The van der Waals surface area contributed by atoms with Crippen molar-refractivity contribution in [3.8, 4) is 0 Å². The summed E-state index contributed by atoms with van der Waals surface area (Å²) in [6, 6.07) is -0.985. The molecule has 1 fully saturated rings. The molecule has 1 aliphatic rings. The maximum absolute atomic E-state index is 12.2. The number of cyclic esters (lactones) is 1. The number of carbonyl (C=O) groups is 1. The lowest BCUT2D eigenvalue weighted by Crippen LogP contribution is -2.58. The van der Waals surface area contributed by atoms with Crippen LogP contribution in [0, 0.1) is 0 Å². The highest BCUT2D eigenvalue weighted by atomic mass is 16.6. The van der Waals surface area contributed by atoms with Crippen molar-refractivity contribution in [2.24, 2.45) is 10.8 Å². The third-order valence-electron chi connectivity index (χ3n) is 4.12. The third kappa shape index (κ3) is 3.71. The van der Waals surface area contributed by atoms with Crippen molar-refractivity contribution < 1.29 is 14.6 Å². The van der Waals surface area contributed by atoms with Gasteiger partial charge in [-0.05, 0) is 31.7 Å². The Kier molecular flexibility index (Phi) is 6.67. The highest BCUT2D eigenvalue weighted by molar-refractivity contribution is 5.72. The van der Waals surface area contributed by atoms with E-state index in [4.69, 9.17) is 16.0 Å². The Bertz CT molecular complexity index is 452. The Hall–Kier alpha value is -1.76. The van der Waals surface area contributed by atoms with Crippen LogP contribution in [0.1, 0.15) is 33.1 Å². The van der Waals surface area contributed by atoms with E-state index in [1.807, 2.05) is 6.92 Å². The van der Waals surface area contributed by atoms with Gasteiger partial charge in [0.1, 0.15) is 0 Å². The van der Waals surface area contributed by atoms with Gasteiger partial charge in [0.25, 0.3) is 0 Å². The quantitative estimate of drug-likeness (QED) is 0.222. The fraction of sp³-hybridized carbons (Fsp3) is 0.786. The van der Waals surface area contributed by atoms with E-state index in [9.17, 15) is 9.90 Å². The normalized spacial score (nSPS) is 27.0. The minimum atomic E-state index is -1.07. The number of rotatable bonds is 9. The van der Waals surface area contributed by atoms with Gasteiger partial charge in [-0.3, -0.25) is 4.90 Å². The van der Waals surface area contributed by atoms with E-state index in [-0.39, 0.29) is 0 Å². The van der Waals surface area contributed by atoms with Crippen LogP contribution in [0.4, 0.5) is 4.79 Å². The molecule has 0 spiro atoms. The fourth-order valence-electron chi connectivity index (χ4n) is 2.86. The third-order valence-corrected chi connectivity index (χ3v) is 4.12. The minimum Gasteiger partial charge on any atom is -0.438 e. The first-order valence-corrected chi connectivity index (χ1v) is 7.49. The number of unbranched alkanes of at least 4 members (excludes halogenated alkanes) is 1. The van der Waals surface area contributed by atoms with Crippen LogP contribution in [0.3, 0.4) is 0 Å². The molecule has 8 nitrogen and oxygen atoms in total. The molecule has 0 radical (unpaired) electrons. The number of nitrogens with zero attached hydrogens (tertiary/aromatic N) is 4. The summed E-state index contributed by atoms with van der Waals surface area (Å²) >= 11 is 0. The molecule has 4 atom stereocenters. The summed E-state index contributed by atoms with van der Waals surface area (Å²) < 4.78 is 5.46. The molecule has 1 amide bonds. The molecule has 124 valence electrons. The summed E-state index contributed by atoms with van der Waals surface area (Å²) in [4.78, 5) is 16.4. The van der Waals surface area contributed by atoms with Gasteiger partial charge in [-0.2, -0.15) is 0 Å². The number of aliphatic hydroxyl groups is 1. The van der Waals surface area contributed by atoms with Crippen molar-refractivity contribution in [1.29, 1.82) is 0 Å². The predicted molar refractivity (Wildman–Crippen MR) is 83.1 cm³/mol. The summed E-state index contributed by atoms with van der Waals surface area (Å²) in [6.45, 7) is 8.01. The summed E-state index contributed by atoms with van der Waals surface area (Å²) in [7, 11) is 0. The Balaban J connectivity index is 2.87. The molecule has 1 unspecified atom stereocenters. The molecule has 0 aromatic heterocycles. The van der Waals surface area contributed by atoms with Gasteiger partial charge in [0.2, 0.25) is 0 Å². The van der Waals surface area contributed by atoms with E-state index in [1.54, 1.807) is 17.9 Å². The van der Waals surface area contributed by atoms with Crippen LogP contribution in [0.25, 0.3) is 10.4 Å². The number of hydrogen-bond donors (Lipinski definition) is 2. The van der Waals surface area contributed by atoms with Gasteiger partial charge in [-0.25, -0.2) is 4.79 Å². The van der Waals surface area contributed by atoms with Crippen LogP contribution in [-0.4, -0.2) is 53.0 Å². The van der Waals surface area contributed by atoms with Crippen LogP contribution in [0.2, 0.25) is 0 Å². The van der Waals surface area contributed by atoms with Gasteiger partial charge in [0, 0.05) is 24.0 Å². The highest BCUT2D eigenvalue weighted by Gasteiger charge is 2.55. The van der Waals surface area contributed by atoms with Crippen molar-refractivity contribution in [3.63, 3.8) is 0 Å². The zero-order valence-corrected chi connectivity index (χ0v) is 13.2. The van der Waals surface area contributed by atoms with E-state index in [0.717, 1.165) is 0 Å². The Labute approximate surface area is 130 Å². The van der Waals surface area contributed by atoms with Gasteiger partial charge in [0.05, 0.1) is 12.1 Å². The summed E-state index contributed by atoms with van der Waals surface area (Å²) in [6.07, 6.45) is 2.04. The van der Waals surface area contributed by atoms with E-state index < -0.39 is 29.9 Å². The van der Waals surface area contributed by atoms with Gasteiger partial charge >= 0.3 is 6.09 Å². The molecule has 1 saturated heterocycles. The molecule has 1 rings (SSSR count). The van der Waals surface area contributed by atoms with Gasteiger partial charge in [-0.15, -0.1) is 6.58 Å². The van der Waals surface area contributed by atoms with Crippen molar-refractivity contribution in [2.75, 3.05) is 13.1 Å². The van der Waals surface area contributed by atoms with E-state index >= 15 is 0 Å². The topological polar surface area (TPSA) is 125 Å². The Morgan fingerprint density at radius 2 is 2.36 bits per heavy atom. The first-order chi connectivity index (χ1) is 10.4. The van der Waals surface area contributed by atoms with Crippen LogP contribution < -0.4 is 5.73 Å². The molecule has 0 aliphatic carbocycles. The lowest BCUT2D eigenvalue weighted by atomic mass is 9.84. The number of nitrogens with two attached hydrogens (primary N) is 1. The highest BCUT2D eigenvalue weighted by Crippen LogP contribution is 2.35. The molecular weight excluding hydrogens is 286 g/mol. The zero-order chi connectivity index (χ0) is 16.8. The fourth-order valence-corrected chi connectivity index (χ4v) is 2.86. The van der Waals surface area contributed by atoms with Crippen LogP contribution >= 0.6 is 0 Å². The van der Waals surface area contributed by atoms with Crippen molar-refractivity contribution >= 4 is 6.09 Å². The number of hydrogen-bond acceptors (Lipinski definition) is 5. The SMILES string of the molecule is C=C[C@@H](N)[C@H]1N(CCCCN=[N+]=[N-])C(=O)O[C@]1(C)C(O)CC. The van der Waals surface area contributed by atoms with Gasteiger partial charge in [-0.1, -0.05) is 18.1 Å². The monoisotopic (exact) mass is 311 g/mol. The summed E-state index contributed by atoms with van der Waals surface area (Å²) in [5, 5.41) is 13.7. The number of ether oxygens (including phenoxy) is 1. The van der Waals surface area contributed by atoms with Crippen molar-refractivity contribution in [3.05, 3.63) is 23.1 Å². The van der Waals surface area contributed by atoms with E-state index in [2.05, 4.69) is 16.6 Å². The lowest BCUT2D eigenvalue weighted by Gasteiger charge is -2.37. The van der Waals surface area contributed by atoms with Crippen LogP contribution in [0.5, 0.6) is 0 Å². The molecular formula is C14H25N5O3. The molecule has 0 aromatic carbocycles. The second-order valence-electron chi connectivity index (χ2n) is 5.59. The first-order valence-electron chi connectivity index (χ1n) is 7.49. The average Bonchev–Trinajstić information content (AvgIpc) is 2.77. The minimum absolute atomic E-state index is 0.381. The summed E-state index contributed by atoms with van der Waals surface area (Å²) in [5.41, 5.74) is 13.3. The molecule has 1 aliphatic heterocycles. The maximum atomic E-state index is 12.2.